The Balaban J connectivity index is 2.52. The molecule has 2 N–H and O–H groups in total. The Morgan fingerprint density at radius 2 is 1.83 bits per heavy atom. The van der Waals surface area contributed by atoms with E-state index in [4.69, 9.17) is 10.5 Å². The van der Waals surface area contributed by atoms with Gasteiger partial charge in [0.15, 0.2) is 0 Å². The monoisotopic (exact) mass is 250 g/mol. The molecule has 1 aromatic carbocycles. The van der Waals surface area contributed by atoms with Crippen LogP contribution in [0.4, 0.5) is 0 Å². The fraction of sp³-hybridized carbons (Fsp3) is 0.600. The molecule has 0 aliphatic heterocycles. The van der Waals surface area contributed by atoms with E-state index in [0.29, 0.717) is 12.6 Å². The summed E-state index contributed by atoms with van der Waals surface area (Å²) < 4.78 is 5.16. The van der Waals surface area contributed by atoms with Crippen LogP contribution in [0.1, 0.15) is 30.9 Å². The van der Waals surface area contributed by atoms with E-state index < -0.39 is 0 Å². The minimum Gasteiger partial charge on any atom is -0.385 e. The molecule has 1 atom stereocenters. The van der Waals surface area contributed by atoms with Gasteiger partial charge >= 0.3 is 0 Å². The molecule has 0 heterocycles. The summed E-state index contributed by atoms with van der Waals surface area (Å²) in [6.45, 7) is 4.65. The van der Waals surface area contributed by atoms with Crippen LogP contribution in [0.3, 0.4) is 0 Å². The highest BCUT2D eigenvalue weighted by Crippen LogP contribution is 2.12. The van der Waals surface area contributed by atoms with Crippen molar-refractivity contribution >= 4 is 0 Å². The Kier molecular flexibility index (Phi) is 6.94. The highest BCUT2D eigenvalue weighted by Gasteiger charge is 2.12. The van der Waals surface area contributed by atoms with E-state index in [1.54, 1.807) is 7.11 Å². The molecule has 0 aliphatic rings. The Hall–Kier alpha value is -0.900. The summed E-state index contributed by atoms with van der Waals surface area (Å²) in [5.41, 5.74) is 8.13. The maximum absolute atomic E-state index is 5.60. The van der Waals surface area contributed by atoms with E-state index in [1.165, 1.54) is 11.1 Å². The lowest BCUT2D eigenvalue weighted by Gasteiger charge is -2.27. The molecule has 0 bridgehead atoms. The van der Waals surface area contributed by atoms with Crippen LogP contribution in [0, 0.1) is 0 Å². The van der Waals surface area contributed by atoms with Gasteiger partial charge in [0.25, 0.3) is 0 Å². The largest absolute Gasteiger partial charge is 0.385 e. The minimum absolute atomic E-state index is 0.583. The van der Waals surface area contributed by atoms with Gasteiger partial charge in [0.1, 0.15) is 0 Å². The summed E-state index contributed by atoms with van der Waals surface area (Å²) in [5.74, 6) is 0. The van der Waals surface area contributed by atoms with E-state index in [2.05, 4.69) is 43.1 Å². The summed E-state index contributed by atoms with van der Waals surface area (Å²) in [6, 6.07) is 9.14. The lowest BCUT2D eigenvalue weighted by Crippen LogP contribution is -2.31. The zero-order valence-electron chi connectivity index (χ0n) is 11.9. The van der Waals surface area contributed by atoms with E-state index >= 15 is 0 Å². The van der Waals surface area contributed by atoms with Gasteiger partial charge in [-0.1, -0.05) is 31.2 Å². The SMILES string of the molecule is CCC(CCOC)N(C)Cc1ccc(CN)cc1. The zero-order chi connectivity index (χ0) is 13.4. The average Bonchev–Trinajstić information content (AvgIpc) is 2.40. The third-order valence-corrected chi connectivity index (χ3v) is 3.44. The zero-order valence-corrected chi connectivity index (χ0v) is 11.9. The highest BCUT2D eigenvalue weighted by molar-refractivity contribution is 5.22. The number of benzene rings is 1. The summed E-state index contributed by atoms with van der Waals surface area (Å²) >= 11 is 0. The second kappa shape index (κ2) is 8.25. The number of nitrogens with two attached hydrogens (primary N) is 1. The minimum atomic E-state index is 0.583. The molecule has 0 saturated heterocycles. The molecule has 0 fully saturated rings. The lowest BCUT2D eigenvalue weighted by atomic mass is 10.1. The normalized spacial score (nSPS) is 12.9. The van der Waals surface area contributed by atoms with Crippen molar-refractivity contribution in [3.05, 3.63) is 35.4 Å². The van der Waals surface area contributed by atoms with Crippen molar-refractivity contribution in [1.29, 1.82) is 0 Å². The van der Waals surface area contributed by atoms with Gasteiger partial charge in [0, 0.05) is 32.8 Å². The maximum atomic E-state index is 5.60. The fourth-order valence-electron chi connectivity index (χ4n) is 2.19. The Morgan fingerprint density at radius 3 is 2.33 bits per heavy atom. The van der Waals surface area contributed by atoms with Crippen molar-refractivity contribution in [1.82, 2.24) is 4.90 Å². The molecule has 0 saturated carbocycles. The summed E-state index contributed by atoms with van der Waals surface area (Å²) in [7, 11) is 3.94. The van der Waals surface area contributed by atoms with Gasteiger partial charge in [-0.3, -0.25) is 4.90 Å². The molecule has 3 nitrogen and oxygen atoms in total. The van der Waals surface area contributed by atoms with Gasteiger partial charge in [-0.15, -0.1) is 0 Å². The first kappa shape index (κ1) is 15.2. The van der Waals surface area contributed by atoms with Crippen LogP contribution in [-0.4, -0.2) is 31.7 Å². The second-order valence-electron chi connectivity index (χ2n) is 4.78. The molecule has 0 radical (unpaired) electrons. The fourth-order valence-corrected chi connectivity index (χ4v) is 2.19. The summed E-state index contributed by atoms with van der Waals surface area (Å²) in [4.78, 5) is 2.40. The van der Waals surface area contributed by atoms with Gasteiger partial charge in [0.05, 0.1) is 0 Å². The van der Waals surface area contributed by atoms with Gasteiger partial charge in [-0.2, -0.15) is 0 Å². The van der Waals surface area contributed by atoms with Crippen molar-refractivity contribution in [3.63, 3.8) is 0 Å². The molecular formula is C15H26N2O. The van der Waals surface area contributed by atoms with Gasteiger partial charge < -0.3 is 10.5 Å². The molecule has 18 heavy (non-hydrogen) atoms. The van der Waals surface area contributed by atoms with E-state index in [9.17, 15) is 0 Å². The average molecular weight is 250 g/mol. The number of hydrogen-bond acceptors (Lipinski definition) is 3. The molecule has 0 aromatic heterocycles. The molecule has 0 amide bonds. The molecule has 1 rings (SSSR count). The van der Waals surface area contributed by atoms with Crippen molar-refractivity contribution < 1.29 is 4.74 Å². The smallest absolute Gasteiger partial charge is 0.0477 e. The van der Waals surface area contributed by atoms with E-state index in [1.807, 2.05) is 0 Å². The standard InChI is InChI=1S/C15H26N2O/c1-4-15(9-10-18-3)17(2)12-14-7-5-13(11-16)6-8-14/h5-8,15H,4,9-12,16H2,1-3H3. The predicted octanol–water partition coefficient (Wildman–Crippen LogP) is 2.39. The number of rotatable bonds is 8. The number of ether oxygens (including phenoxy) is 1. The summed E-state index contributed by atoms with van der Waals surface area (Å²) in [5, 5.41) is 0. The Bertz CT molecular complexity index is 324. The number of hydrogen-bond donors (Lipinski definition) is 1. The van der Waals surface area contributed by atoms with Crippen LogP contribution in [0.5, 0.6) is 0 Å². The van der Waals surface area contributed by atoms with Crippen molar-refractivity contribution in [2.45, 2.75) is 38.9 Å². The first-order valence-corrected chi connectivity index (χ1v) is 6.68. The Labute approximate surface area is 111 Å². The molecule has 3 heteroatoms. The molecule has 102 valence electrons. The molecule has 0 aliphatic carbocycles. The Morgan fingerprint density at radius 1 is 1.22 bits per heavy atom. The topological polar surface area (TPSA) is 38.5 Å². The van der Waals surface area contributed by atoms with Crippen LogP contribution in [-0.2, 0) is 17.8 Å². The number of methoxy groups -OCH3 is 1. The van der Waals surface area contributed by atoms with Crippen molar-refractivity contribution in [2.75, 3.05) is 20.8 Å². The maximum Gasteiger partial charge on any atom is 0.0477 e. The van der Waals surface area contributed by atoms with Crippen molar-refractivity contribution in [3.8, 4) is 0 Å². The van der Waals surface area contributed by atoms with Crippen LogP contribution < -0.4 is 5.73 Å². The molecule has 1 aromatic rings. The molecule has 1 unspecified atom stereocenters. The second-order valence-corrected chi connectivity index (χ2v) is 4.78. The third kappa shape index (κ3) is 4.77. The van der Waals surface area contributed by atoms with Crippen LogP contribution in [0.15, 0.2) is 24.3 Å². The molecule has 0 spiro atoms. The van der Waals surface area contributed by atoms with Crippen molar-refractivity contribution in [2.24, 2.45) is 5.73 Å². The van der Waals surface area contributed by atoms with E-state index in [0.717, 1.165) is 26.0 Å². The first-order valence-electron chi connectivity index (χ1n) is 6.68. The van der Waals surface area contributed by atoms with Crippen LogP contribution in [0.2, 0.25) is 0 Å². The quantitative estimate of drug-likeness (QED) is 0.770. The molecular weight excluding hydrogens is 224 g/mol. The summed E-state index contributed by atoms with van der Waals surface area (Å²) in [6.07, 6.45) is 2.24. The van der Waals surface area contributed by atoms with E-state index in [-0.39, 0.29) is 0 Å². The predicted molar refractivity (Wildman–Crippen MR) is 76.4 cm³/mol. The third-order valence-electron chi connectivity index (χ3n) is 3.44. The van der Waals surface area contributed by atoms with Gasteiger partial charge in [-0.25, -0.2) is 0 Å². The van der Waals surface area contributed by atoms with Crippen LogP contribution >= 0.6 is 0 Å². The van der Waals surface area contributed by atoms with Gasteiger partial charge in [0.2, 0.25) is 0 Å². The number of nitrogens with zero attached hydrogens (tertiary/aromatic N) is 1. The highest BCUT2D eigenvalue weighted by atomic mass is 16.5. The lowest BCUT2D eigenvalue weighted by molar-refractivity contribution is 0.140. The van der Waals surface area contributed by atoms with Crippen LogP contribution in [0.25, 0.3) is 0 Å². The first-order chi connectivity index (χ1) is 8.71. The van der Waals surface area contributed by atoms with Gasteiger partial charge in [-0.05, 0) is 31.0 Å².